The third-order valence-electron chi connectivity index (χ3n) is 3.95. The van der Waals surface area contributed by atoms with E-state index in [0.29, 0.717) is 30.5 Å². The number of nitrogens with zero attached hydrogens (tertiary/aromatic N) is 3. The third-order valence-corrected chi connectivity index (χ3v) is 3.95. The predicted octanol–water partition coefficient (Wildman–Crippen LogP) is 2.11. The summed E-state index contributed by atoms with van der Waals surface area (Å²) in [5.41, 5.74) is 1.09. The summed E-state index contributed by atoms with van der Waals surface area (Å²) in [7, 11) is 1.67. The summed E-state index contributed by atoms with van der Waals surface area (Å²) in [4.78, 5) is 32.2. The molecule has 2 aromatic rings. The molecule has 1 aliphatic carbocycles. The molecule has 1 aliphatic rings. The lowest BCUT2D eigenvalue weighted by atomic mass is 10.1. The Kier molecular flexibility index (Phi) is 4.51. The van der Waals surface area contributed by atoms with Crippen molar-refractivity contribution < 1.29 is 9.32 Å². The van der Waals surface area contributed by atoms with Crippen LogP contribution in [0.4, 0.5) is 0 Å². The van der Waals surface area contributed by atoms with Crippen LogP contribution >= 0.6 is 0 Å². The number of carbonyl (C=O) groups is 1. The van der Waals surface area contributed by atoms with Crippen molar-refractivity contribution in [1.29, 1.82) is 0 Å². The van der Waals surface area contributed by atoms with Crippen LogP contribution in [0.15, 0.2) is 21.5 Å². The lowest BCUT2D eigenvalue weighted by Crippen LogP contribution is -2.30. The van der Waals surface area contributed by atoms with E-state index in [-0.39, 0.29) is 11.6 Å². The van der Waals surface area contributed by atoms with Crippen molar-refractivity contribution in [2.24, 2.45) is 5.92 Å². The van der Waals surface area contributed by atoms with E-state index in [2.05, 4.69) is 15.1 Å². The van der Waals surface area contributed by atoms with E-state index >= 15 is 0 Å². The zero-order chi connectivity index (χ0) is 17.3. The Hall–Kier alpha value is -2.44. The molecule has 1 fully saturated rings. The highest BCUT2D eigenvalue weighted by Gasteiger charge is 2.28. The first-order valence-electron chi connectivity index (χ1n) is 8.23. The van der Waals surface area contributed by atoms with Crippen LogP contribution in [-0.4, -0.2) is 33.0 Å². The second kappa shape index (κ2) is 6.59. The van der Waals surface area contributed by atoms with Gasteiger partial charge in [-0.05, 0) is 31.2 Å². The minimum atomic E-state index is -0.498. The van der Waals surface area contributed by atoms with E-state index < -0.39 is 5.69 Å². The van der Waals surface area contributed by atoms with Gasteiger partial charge < -0.3 is 14.4 Å². The SMILES string of the molecule is CC(C)Cc1cc(C(=O)N(C)Cc2cc(C3CC3)on2)nc(=O)[nH]1. The Morgan fingerprint density at radius 2 is 2.17 bits per heavy atom. The van der Waals surface area contributed by atoms with Gasteiger partial charge in [0.25, 0.3) is 5.91 Å². The summed E-state index contributed by atoms with van der Waals surface area (Å²) in [6, 6.07) is 3.55. The van der Waals surface area contributed by atoms with Gasteiger partial charge in [-0.2, -0.15) is 4.98 Å². The summed E-state index contributed by atoms with van der Waals surface area (Å²) in [6.45, 7) is 4.42. The lowest BCUT2D eigenvalue weighted by Gasteiger charge is -2.15. The smallest absolute Gasteiger partial charge is 0.345 e. The van der Waals surface area contributed by atoms with E-state index in [4.69, 9.17) is 4.52 Å². The van der Waals surface area contributed by atoms with Gasteiger partial charge >= 0.3 is 5.69 Å². The highest BCUT2D eigenvalue weighted by atomic mass is 16.5. The number of nitrogens with one attached hydrogen (secondary N) is 1. The summed E-state index contributed by atoms with van der Waals surface area (Å²) >= 11 is 0. The molecule has 7 heteroatoms. The molecule has 0 unspecified atom stereocenters. The molecule has 1 amide bonds. The van der Waals surface area contributed by atoms with Crippen LogP contribution in [0, 0.1) is 5.92 Å². The van der Waals surface area contributed by atoms with Crippen LogP contribution in [-0.2, 0) is 13.0 Å². The van der Waals surface area contributed by atoms with Crippen molar-refractivity contribution in [3.8, 4) is 0 Å². The number of amides is 1. The molecular formula is C17H22N4O3. The van der Waals surface area contributed by atoms with Gasteiger partial charge in [-0.25, -0.2) is 4.79 Å². The summed E-state index contributed by atoms with van der Waals surface area (Å²) in [5, 5.41) is 4.01. The second-order valence-electron chi connectivity index (χ2n) is 6.85. The summed E-state index contributed by atoms with van der Waals surface area (Å²) < 4.78 is 5.30. The van der Waals surface area contributed by atoms with Crippen molar-refractivity contribution >= 4 is 5.91 Å². The van der Waals surface area contributed by atoms with Crippen LogP contribution in [0.5, 0.6) is 0 Å². The van der Waals surface area contributed by atoms with E-state index in [1.165, 1.54) is 4.90 Å². The molecule has 2 heterocycles. The zero-order valence-corrected chi connectivity index (χ0v) is 14.2. The number of rotatable bonds is 6. The largest absolute Gasteiger partial charge is 0.361 e. The number of hydrogen-bond donors (Lipinski definition) is 1. The maximum Gasteiger partial charge on any atom is 0.345 e. The van der Waals surface area contributed by atoms with Crippen molar-refractivity contribution in [3.05, 3.63) is 45.5 Å². The van der Waals surface area contributed by atoms with Gasteiger partial charge in [0.15, 0.2) is 0 Å². The van der Waals surface area contributed by atoms with Gasteiger partial charge in [-0.1, -0.05) is 19.0 Å². The fraction of sp³-hybridized carbons (Fsp3) is 0.529. The van der Waals surface area contributed by atoms with Gasteiger partial charge in [0.2, 0.25) is 0 Å². The van der Waals surface area contributed by atoms with Crippen molar-refractivity contribution in [2.75, 3.05) is 7.05 Å². The number of aromatic amines is 1. The Morgan fingerprint density at radius 3 is 2.83 bits per heavy atom. The Morgan fingerprint density at radius 1 is 1.42 bits per heavy atom. The fourth-order valence-corrected chi connectivity index (χ4v) is 2.64. The zero-order valence-electron chi connectivity index (χ0n) is 14.2. The Balaban J connectivity index is 1.72. The fourth-order valence-electron chi connectivity index (χ4n) is 2.64. The normalized spacial score (nSPS) is 14.2. The minimum Gasteiger partial charge on any atom is -0.361 e. The summed E-state index contributed by atoms with van der Waals surface area (Å²) in [5.74, 6) is 1.45. The molecule has 0 atom stereocenters. The number of hydrogen-bond acceptors (Lipinski definition) is 5. The molecule has 0 aromatic carbocycles. The van der Waals surface area contributed by atoms with E-state index in [1.807, 2.05) is 19.9 Å². The van der Waals surface area contributed by atoms with E-state index in [1.54, 1.807) is 13.1 Å². The Bertz CT molecular complexity index is 789. The molecule has 3 rings (SSSR count). The minimum absolute atomic E-state index is 0.155. The van der Waals surface area contributed by atoms with Crippen LogP contribution in [0.2, 0.25) is 0 Å². The molecule has 0 bridgehead atoms. The van der Waals surface area contributed by atoms with Crippen LogP contribution in [0.25, 0.3) is 0 Å². The summed E-state index contributed by atoms with van der Waals surface area (Å²) in [6.07, 6.45) is 2.97. The van der Waals surface area contributed by atoms with Crippen LogP contribution in [0.3, 0.4) is 0 Å². The quantitative estimate of drug-likeness (QED) is 0.875. The highest BCUT2D eigenvalue weighted by Crippen LogP contribution is 2.40. The van der Waals surface area contributed by atoms with Crippen molar-refractivity contribution in [1.82, 2.24) is 20.0 Å². The average molecular weight is 330 g/mol. The number of carbonyl (C=O) groups excluding carboxylic acids is 1. The Labute approximate surface area is 140 Å². The number of aromatic nitrogens is 3. The van der Waals surface area contributed by atoms with Crippen molar-refractivity contribution in [3.63, 3.8) is 0 Å². The molecule has 1 N–H and O–H groups in total. The van der Waals surface area contributed by atoms with E-state index in [9.17, 15) is 9.59 Å². The molecule has 2 aromatic heterocycles. The first kappa shape index (κ1) is 16.4. The second-order valence-corrected chi connectivity index (χ2v) is 6.85. The van der Waals surface area contributed by atoms with Gasteiger partial charge in [0.05, 0.1) is 6.54 Å². The number of H-pyrrole nitrogens is 1. The maximum atomic E-state index is 12.5. The third kappa shape index (κ3) is 3.90. The molecule has 0 spiro atoms. The van der Waals surface area contributed by atoms with Gasteiger partial charge in [-0.3, -0.25) is 4.79 Å². The van der Waals surface area contributed by atoms with Gasteiger partial charge in [-0.15, -0.1) is 0 Å². The maximum absolute atomic E-state index is 12.5. The molecular weight excluding hydrogens is 308 g/mol. The molecule has 7 nitrogen and oxygen atoms in total. The predicted molar refractivity (Wildman–Crippen MR) is 87.7 cm³/mol. The standard InChI is InChI=1S/C17H22N4O3/c1-10(2)6-12-7-14(19-17(23)18-12)16(22)21(3)9-13-8-15(24-20-13)11-4-5-11/h7-8,10-11H,4-6,9H2,1-3H3,(H,18,19,23). The lowest BCUT2D eigenvalue weighted by molar-refractivity contribution is 0.0775. The topological polar surface area (TPSA) is 92.1 Å². The first-order chi connectivity index (χ1) is 11.4. The van der Waals surface area contributed by atoms with Gasteiger partial charge in [0, 0.05) is 24.7 Å². The van der Waals surface area contributed by atoms with Gasteiger partial charge in [0.1, 0.15) is 17.1 Å². The highest BCUT2D eigenvalue weighted by molar-refractivity contribution is 5.92. The molecule has 0 saturated heterocycles. The van der Waals surface area contributed by atoms with Crippen molar-refractivity contribution in [2.45, 2.75) is 45.6 Å². The van der Waals surface area contributed by atoms with Crippen LogP contribution in [0.1, 0.15) is 60.2 Å². The molecule has 24 heavy (non-hydrogen) atoms. The average Bonchev–Trinajstić information content (AvgIpc) is 3.25. The molecule has 0 radical (unpaired) electrons. The monoisotopic (exact) mass is 330 g/mol. The van der Waals surface area contributed by atoms with E-state index in [0.717, 1.165) is 24.3 Å². The molecule has 0 aliphatic heterocycles. The molecule has 128 valence electrons. The molecule has 1 saturated carbocycles. The van der Waals surface area contributed by atoms with Crippen LogP contribution < -0.4 is 5.69 Å². The first-order valence-corrected chi connectivity index (χ1v) is 8.23.